The maximum Gasteiger partial charge on any atom is 0.160 e. The maximum atomic E-state index is 6.14. The van der Waals surface area contributed by atoms with Gasteiger partial charge in [0, 0.05) is 22.8 Å². The Morgan fingerprint density at radius 1 is 1.26 bits per heavy atom. The molecule has 0 unspecified atom stereocenters. The minimum absolute atomic E-state index is 0.701. The van der Waals surface area contributed by atoms with E-state index in [1.807, 2.05) is 30.3 Å². The zero-order valence-electron chi connectivity index (χ0n) is 10.5. The van der Waals surface area contributed by atoms with Gasteiger partial charge in [-0.15, -0.1) is 0 Å². The quantitative estimate of drug-likeness (QED) is 0.736. The van der Waals surface area contributed by atoms with Crippen molar-refractivity contribution in [2.75, 3.05) is 5.73 Å². The van der Waals surface area contributed by atoms with E-state index in [1.165, 1.54) is 0 Å². The number of aryl methyl sites for hydroxylation is 1. The maximum absolute atomic E-state index is 6.14. The van der Waals surface area contributed by atoms with Crippen LogP contribution < -0.4 is 5.73 Å². The van der Waals surface area contributed by atoms with Gasteiger partial charge in [-0.2, -0.15) is 0 Å². The van der Waals surface area contributed by atoms with E-state index in [0.29, 0.717) is 5.69 Å². The van der Waals surface area contributed by atoms with Gasteiger partial charge in [0.15, 0.2) is 5.65 Å². The van der Waals surface area contributed by atoms with Gasteiger partial charge < -0.3 is 10.3 Å². The Bertz CT molecular complexity index is 748. The fraction of sp³-hybridized carbons (Fsp3) is 0.143. The molecule has 4 nitrogen and oxygen atoms in total. The Morgan fingerprint density at radius 2 is 2.11 bits per heavy atom. The van der Waals surface area contributed by atoms with Crippen LogP contribution in [0, 0.1) is 0 Å². The number of nitrogens with zero attached hydrogens (tertiary/aromatic N) is 3. The minimum atomic E-state index is 0.701. The predicted molar refractivity (Wildman–Crippen MR) is 80.8 cm³/mol. The number of benzene rings is 1. The Kier molecular flexibility index (Phi) is 2.98. The molecular formula is C14H13BrN4. The lowest BCUT2D eigenvalue weighted by Crippen LogP contribution is -2.01. The average molecular weight is 317 g/mol. The topological polar surface area (TPSA) is 56.7 Å². The number of rotatable bonds is 2. The summed E-state index contributed by atoms with van der Waals surface area (Å²) in [5.74, 6) is 0.856. The fourth-order valence-electron chi connectivity index (χ4n) is 2.20. The van der Waals surface area contributed by atoms with Gasteiger partial charge in [-0.1, -0.05) is 6.07 Å². The van der Waals surface area contributed by atoms with Gasteiger partial charge in [-0.05, 0) is 47.1 Å². The highest BCUT2D eigenvalue weighted by Crippen LogP contribution is 2.32. The SMILES string of the molecule is CCn1c(-c2cccc(Br)c2N)nc2cccnc21. The summed E-state index contributed by atoms with van der Waals surface area (Å²) in [6.45, 7) is 2.88. The standard InChI is InChI=1S/C14H13BrN4/c1-2-19-13(9-5-3-6-10(15)12(9)16)18-11-7-4-8-17-14(11)19/h3-8H,2,16H2,1H3. The number of aromatic nitrogens is 3. The summed E-state index contributed by atoms with van der Waals surface area (Å²) in [4.78, 5) is 9.05. The van der Waals surface area contributed by atoms with Crippen molar-refractivity contribution in [2.45, 2.75) is 13.5 Å². The van der Waals surface area contributed by atoms with Crippen molar-refractivity contribution >= 4 is 32.8 Å². The van der Waals surface area contributed by atoms with Crippen LogP contribution in [0.25, 0.3) is 22.6 Å². The lowest BCUT2D eigenvalue weighted by atomic mass is 10.1. The third kappa shape index (κ3) is 1.90. The van der Waals surface area contributed by atoms with Crippen LogP contribution in [-0.2, 0) is 6.54 Å². The van der Waals surface area contributed by atoms with Crippen LogP contribution in [0.2, 0.25) is 0 Å². The third-order valence-corrected chi connectivity index (χ3v) is 3.81. The zero-order chi connectivity index (χ0) is 13.4. The van der Waals surface area contributed by atoms with Crippen LogP contribution in [0.4, 0.5) is 5.69 Å². The molecule has 0 aliphatic heterocycles. The van der Waals surface area contributed by atoms with E-state index in [2.05, 4.69) is 37.4 Å². The van der Waals surface area contributed by atoms with Gasteiger partial charge in [0.1, 0.15) is 11.3 Å². The molecule has 2 heterocycles. The van der Waals surface area contributed by atoms with E-state index in [9.17, 15) is 0 Å². The Balaban J connectivity index is 2.33. The minimum Gasteiger partial charge on any atom is -0.397 e. The highest BCUT2D eigenvalue weighted by molar-refractivity contribution is 9.10. The van der Waals surface area contributed by atoms with Crippen LogP contribution >= 0.6 is 15.9 Å². The number of nitrogens with two attached hydrogens (primary N) is 1. The molecule has 0 spiro atoms. The summed E-state index contributed by atoms with van der Waals surface area (Å²) in [5, 5.41) is 0. The number of para-hydroxylation sites is 1. The molecule has 0 radical (unpaired) electrons. The summed E-state index contributed by atoms with van der Waals surface area (Å²) < 4.78 is 2.96. The second-order valence-corrected chi connectivity index (χ2v) is 5.08. The first-order chi connectivity index (χ1) is 9.22. The molecule has 19 heavy (non-hydrogen) atoms. The van der Waals surface area contributed by atoms with Crippen LogP contribution in [-0.4, -0.2) is 14.5 Å². The van der Waals surface area contributed by atoms with E-state index in [0.717, 1.165) is 33.6 Å². The number of hydrogen-bond donors (Lipinski definition) is 1. The molecule has 0 atom stereocenters. The second-order valence-electron chi connectivity index (χ2n) is 4.23. The van der Waals surface area contributed by atoms with Crippen LogP contribution in [0.3, 0.4) is 0 Å². The number of imidazole rings is 1. The predicted octanol–water partition coefficient (Wildman–Crippen LogP) is 3.46. The summed E-state index contributed by atoms with van der Waals surface area (Å²) in [7, 11) is 0. The number of pyridine rings is 1. The van der Waals surface area contributed by atoms with E-state index in [-0.39, 0.29) is 0 Å². The molecule has 0 fully saturated rings. The van der Waals surface area contributed by atoms with Crippen molar-refractivity contribution in [3.8, 4) is 11.4 Å². The molecule has 0 saturated heterocycles. The monoisotopic (exact) mass is 316 g/mol. The van der Waals surface area contributed by atoms with Crippen LogP contribution in [0.1, 0.15) is 6.92 Å². The Hall–Kier alpha value is -1.88. The van der Waals surface area contributed by atoms with Gasteiger partial charge in [0.05, 0.1) is 5.69 Å². The molecule has 2 aromatic heterocycles. The molecule has 96 valence electrons. The number of halogens is 1. The molecule has 3 aromatic rings. The molecule has 0 aliphatic rings. The van der Waals surface area contributed by atoms with E-state index >= 15 is 0 Å². The molecule has 3 rings (SSSR count). The molecule has 1 aromatic carbocycles. The van der Waals surface area contributed by atoms with Crippen LogP contribution in [0.5, 0.6) is 0 Å². The van der Waals surface area contributed by atoms with Crippen LogP contribution in [0.15, 0.2) is 41.0 Å². The molecular weight excluding hydrogens is 304 g/mol. The van der Waals surface area contributed by atoms with Gasteiger partial charge in [-0.25, -0.2) is 9.97 Å². The highest BCUT2D eigenvalue weighted by atomic mass is 79.9. The van der Waals surface area contributed by atoms with Gasteiger partial charge in [0.25, 0.3) is 0 Å². The highest BCUT2D eigenvalue weighted by Gasteiger charge is 2.15. The molecule has 0 bridgehead atoms. The Labute approximate surface area is 119 Å². The van der Waals surface area contributed by atoms with Crippen molar-refractivity contribution in [3.05, 3.63) is 41.0 Å². The average Bonchev–Trinajstić information content (AvgIpc) is 2.80. The zero-order valence-corrected chi connectivity index (χ0v) is 12.1. The van der Waals surface area contributed by atoms with E-state index < -0.39 is 0 Å². The first kappa shape index (κ1) is 12.2. The van der Waals surface area contributed by atoms with Gasteiger partial charge >= 0.3 is 0 Å². The number of fused-ring (bicyclic) bond motifs is 1. The number of nitrogen functional groups attached to an aromatic ring is 1. The second kappa shape index (κ2) is 4.66. The first-order valence-electron chi connectivity index (χ1n) is 6.08. The van der Waals surface area contributed by atoms with Crippen molar-refractivity contribution in [1.82, 2.24) is 14.5 Å². The van der Waals surface area contributed by atoms with E-state index in [1.54, 1.807) is 6.20 Å². The third-order valence-electron chi connectivity index (χ3n) is 3.11. The number of hydrogen-bond acceptors (Lipinski definition) is 3. The fourth-order valence-corrected chi connectivity index (χ4v) is 2.56. The summed E-state index contributed by atoms with van der Waals surface area (Å²) >= 11 is 3.46. The first-order valence-corrected chi connectivity index (χ1v) is 6.87. The van der Waals surface area contributed by atoms with E-state index in [4.69, 9.17) is 5.73 Å². The number of anilines is 1. The lowest BCUT2D eigenvalue weighted by molar-refractivity contribution is 0.787. The van der Waals surface area contributed by atoms with Crippen molar-refractivity contribution in [2.24, 2.45) is 0 Å². The lowest BCUT2D eigenvalue weighted by Gasteiger charge is -2.09. The molecule has 0 saturated carbocycles. The summed E-state index contributed by atoms with van der Waals surface area (Å²) in [6.07, 6.45) is 1.78. The molecule has 0 amide bonds. The largest absolute Gasteiger partial charge is 0.397 e. The summed E-state index contributed by atoms with van der Waals surface area (Å²) in [6, 6.07) is 9.72. The van der Waals surface area contributed by atoms with Crippen molar-refractivity contribution < 1.29 is 0 Å². The summed E-state index contributed by atoms with van der Waals surface area (Å²) in [5.41, 5.74) is 9.54. The molecule has 2 N–H and O–H groups in total. The van der Waals surface area contributed by atoms with Gasteiger partial charge in [0.2, 0.25) is 0 Å². The normalized spacial score (nSPS) is 11.1. The molecule has 5 heteroatoms. The smallest absolute Gasteiger partial charge is 0.160 e. The van der Waals surface area contributed by atoms with Crippen molar-refractivity contribution in [1.29, 1.82) is 0 Å². The molecule has 0 aliphatic carbocycles. The van der Waals surface area contributed by atoms with Gasteiger partial charge in [-0.3, -0.25) is 0 Å². The van der Waals surface area contributed by atoms with Crippen molar-refractivity contribution in [3.63, 3.8) is 0 Å². The Morgan fingerprint density at radius 3 is 2.89 bits per heavy atom.